The molecule has 0 spiro atoms. The van der Waals surface area contributed by atoms with Gasteiger partial charge in [-0.2, -0.15) is 0 Å². The molecule has 1 N–H and O–H groups in total. The number of hydrogen-bond acceptors (Lipinski definition) is 4. The fraction of sp³-hybridized carbons (Fsp3) is 0.333. The van der Waals surface area contributed by atoms with Gasteiger partial charge in [-0.15, -0.1) is 0 Å². The fourth-order valence-electron chi connectivity index (χ4n) is 2.53. The molecule has 0 saturated carbocycles. The number of benzene rings is 1. The van der Waals surface area contributed by atoms with Crippen molar-refractivity contribution in [3.05, 3.63) is 49.6 Å². The van der Waals surface area contributed by atoms with E-state index in [0.29, 0.717) is 27.7 Å². The molecule has 1 fully saturated rings. The normalized spacial score (nSPS) is 17.7. The average molecular weight is 437 g/mol. The summed E-state index contributed by atoms with van der Waals surface area (Å²) in [5.41, 5.74) is 0.944. The molecule has 1 aromatic heterocycles. The molecule has 2 aromatic rings. The minimum absolute atomic E-state index is 0.354. The maximum atomic E-state index is 6.21. The quantitative estimate of drug-likeness (QED) is 0.713. The van der Waals surface area contributed by atoms with Gasteiger partial charge >= 0.3 is 0 Å². The van der Waals surface area contributed by atoms with Gasteiger partial charge in [0.2, 0.25) is 5.95 Å². The third kappa shape index (κ3) is 4.28. The van der Waals surface area contributed by atoms with Crippen LogP contribution in [-0.4, -0.2) is 29.1 Å². The highest BCUT2D eigenvalue weighted by Crippen LogP contribution is 2.29. The molecule has 0 bridgehead atoms. The van der Waals surface area contributed by atoms with Crippen molar-refractivity contribution in [2.45, 2.75) is 19.0 Å². The lowest BCUT2D eigenvalue weighted by molar-refractivity contribution is 0.551. The second kappa shape index (κ2) is 7.53. The molecule has 0 amide bonds. The van der Waals surface area contributed by atoms with E-state index in [0.717, 1.165) is 35.5 Å². The van der Waals surface area contributed by atoms with Gasteiger partial charge in [0.15, 0.2) is 0 Å². The number of hydrogen-bond donors (Lipinski definition) is 1. The summed E-state index contributed by atoms with van der Waals surface area (Å²) in [6.07, 6.45) is 4.55. The monoisotopic (exact) mass is 434 g/mol. The van der Waals surface area contributed by atoms with Gasteiger partial charge in [0, 0.05) is 43.1 Å². The van der Waals surface area contributed by atoms with Gasteiger partial charge in [0.1, 0.15) is 0 Å². The molecule has 1 aliphatic rings. The first-order valence-electron chi connectivity index (χ1n) is 7.12. The van der Waals surface area contributed by atoms with Crippen LogP contribution in [0.3, 0.4) is 0 Å². The highest BCUT2D eigenvalue weighted by Gasteiger charge is 2.24. The fourth-order valence-corrected chi connectivity index (χ4v) is 3.37. The zero-order valence-corrected chi connectivity index (χ0v) is 15.9. The Morgan fingerprint density at radius 2 is 1.83 bits per heavy atom. The van der Waals surface area contributed by atoms with E-state index in [4.69, 9.17) is 34.8 Å². The zero-order chi connectivity index (χ0) is 16.4. The molecular formula is C15H14BrCl3N4. The number of nitrogens with zero attached hydrogens (tertiary/aromatic N) is 3. The van der Waals surface area contributed by atoms with Crippen LogP contribution in [0.4, 0.5) is 5.95 Å². The van der Waals surface area contributed by atoms with Crippen molar-refractivity contribution in [1.29, 1.82) is 0 Å². The molecule has 1 aliphatic heterocycles. The Labute approximate surface area is 158 Å². The Morgan fingerprint density at radius 1 is 1.13 bits per heavy atom. The third-order valence-electron chi connectivity index (χ3n) is 3.75. The standard InChI is InChI=1S/C15H14BrCl3N4/c16-10-6-21-15(22-7-10)23-2-1-11(8-23)20-5-9-3-13(18)14(19)4-12(9)17/h3-4,6-7,11,20H,1-2,5,8H2/t11-/m0/s1. The first kappa shape index (κ1) is 17.2. The molecular weight excluding hydrogens is 422 g/mol. The third-order valence-corrected chi connectivity index (χ3v) is 5.23. The highest BCUT2D eigenvalue weighted by atomic mass is 79.9. The summed E-state index contributed by atoms with van der Waals surface area (Å²) < 4.78 is 0.879. The minimum atomic E-state index is 0.354. The van der Waals surface area contributed by atoms with E-state index >= 15 is 0 Å². The summed E-state index contributed by atoms with van der Waals surface area (Å²) in [5.74, 6) is 0.755. The Kier molecular flexibility index (Phi) is 5.65. The van der Waals surface area contributed by atoms with Crippen LogP contribution in [0.15, 0.2) is 29.0 Å². The van der Waals surface area contributed by atoms with E-state index in [1.807, 2.05) is 6.07 Å². The van der Waals surface area contributed by atoms with Crippen molar-refractivity contribution in [2.24, 2.45) is 0 Å². The maximum absolute atomic E-state index is 6.21. The van der Waals surface area contributed by atoms with Crippen LogP contribution in [0.1, 0.15) is 12.0 Å². The Morgan fingerprint density at radius 3 is 2.57 bits per heavy atom. The van der Waals surface area contributed by atoms with Gasteiger partial charge in [0.25, 0.3) is 0 Å². The van der Waals surface area contributed by atoms with E-state index in [1.165, 1.54) is 0 Å². The molecule has 8 heteroatoms. The lowest BCUT2D eigenvalue weighted by Crippen LogP contribution is -2.32. The largest absolute Gasteiger partial charge is 0.339 e. The number of anilines is 1. The summed E-state index contributed by atoms with van der Waals surface area (Å²) in [6, 6.07) is 3.84. The SMILES string of the molecule is Clc1cc(Cl)c(CN[C@H]2CCN(c3ncc(Br)cn3)C2)cc1Cl. The number of nitrogens with one attached hydrogen (secondary N) is 1. The average Bonchev–Trinajstić information content (AvgIpc) is 2.99. The maximum Gasteiger partial charge on any atom is 0.225 e. The number of halogens is 4. The molecule has 0 radical (unpaired) electrons. The Balaban J connectivity index is 1.58. The molecule has 3 rings (SSSR count). The lowest BCUT2D eigenvalue weighted by atomic mass is 10.2. The van der Waals surface area contributed by atoms with Crippen LogP contribution in [0.25, 0.3) is 0 Å². The van der Waals surface area contributed by atoms with Gasteiger partial charge in [-0.25, -0.2) is 9.97 Å². The zero-order valence-electron chi connectivity index (χ0n) is 12.1. The van der Waals surface area contributed by atoms with E-state index in [2.05, 4.69) is 36.1 Å². The van der Waals surface area contributed by atoms with E-state index in [-0.39, 0.29) is 0 Å². The van der Waals surface area contributed by atoms with Gasteiger partial charge in [-0.05, 0) is 40.0 Å². The van der Waals surface area contributed by atoms with Crippen LogP contribution in [0.2, 0.25) is 15.1 Å². The molecule has 0 aliphatic carbocycles. The second-order valence-corrected chi connectivity index (χ2v) is 7.51. The van der Waals surface area contributed by atoms with Crippen molar-refractivity contribution in [3.63, 3.8) is 0 Å². The summed E-state index contributed by atoms with van der Waals surface area (Å²) >= 11 is 21.6. The number of rotatable bonds is 4. The van der Waals surface area contributed by atoms with Crippen LogP contribution in [0, 0.1) is 0 Å². The van der Waals surface area contributed by atoms with Gasteiger partial charge in [0.05, 0.1) is 14.5 Å². The Bertz CT molecular complexity index is 696. The van der Waals surface area contributed by atoms with Crippen molar-refractivity contribution < 1.29 is 0 Å². The summed E-state index contributed by atoms with van der Waals surface area (Å²) in [7, 11) is 0. The molecule has 0 unspecified atom stereocenters. The van der Waals surface area contributed by atoms with Crippen LogP contribution in [-0.2, 0) is 6.54 Å². The molecule has 122 valence electrons. The predicted octanol–water partition coefficient (Wildman–Crippen LogP) is 4.57. The van der Waals surface area contributed by atoms with Crippen LogP contribution in [0.5, 0.6) is 0 Å². The molecule has 2 heterocycles. The lowest BCUT2D eigenvalue weighted by Gasteiger charge is -2.17. The van der Waals surface area contributed by atoms with Gasteiger partial charge < -0.3 is 10.2 Å². The minimum Gasteiger partial charge on any atom is -0.339 e. The summed E-state index contributed by atoms with van der Waals surface area (Å²) in [5, 5.41) is 5.12. The van der Waals surface area contributed by atoms with Gasteiger partial charge in [-0.3, -0.25) is 0 Å². The topological polar surface area (TPSA) is 41.0 Å². The van der Waals surface area contributed by atoms with Crippen molar-refractivity contribution in [2.75, 3.05) is 18.0 Å². The van der Waals surface area contributed by atoms with Crippen LogP contribution >= 0.6 is 50.7 Å². The second-order valence-electron chi connectivity index (χ2n) is 5.37. The first-order valence-corrected chi connectivity index (χ1v) is 9.05. The van der Waals surface area contributed by atoms with Crippen molar-refractivity contribution >= 4 is 56.7 Å². The smallest absolute Gasteiger partial charge is 0.225 e. The molecule has 1 saturated heterocycles. The van der Waals surface area contributed by atoms with E-state index in [1.54, 1.807) is 18.5 Å². The highest BCUT2D eigenvalue weighted by molar-refractivity contribution is 9.10. The van der Waals surface area contributed by atoms with E-state index < -0.39 is 0 Å². The first-order chi connectivity index (χ1) is 11.0. The molecule has 1 atom stereocenters. The molecule has 4 nitrogen and oxygen atoms in total. The molecule has 1 aromatic carbocycles. The van der Waals surface area contributed by atoms with Crippen molar-refractivity contribution in [3.8, 4) is 0 Å². The summed E-state index contributed by atoms with van der Waals surface area (Å²) in [4.78, 5) is 10.8. The molecule has 23 heavy (non-hydrogen) atoms. The Hall–Kier alpha value is -0.590. The van der Waals surface area contributed by atoms with Crippen molar-refractivity contribution in [1.82, 2.24) is 15.3 Å². The summed E-state index contributed by atoms with van der Waals surface area (Å²) in [6.45, 7) is 2.43. The van der Waals surface area contributed by atoms with Gasteiger partial charge in [-0.1, -0.05) is 34.8 Å². The van der Waals surface area contributed by atoms with Crippen LogP contribution < -0.4 is 10.2 Å². The predicted molar refractivity (Wildman–Crippen MR) is 98.7 cm³/mol. The number of aromatic nitrogens is 2. The van der Waals surface area contributed by atoms with E-state index in [9.17, 15) is 0 Å².